The fourth-order valence-corrected chi connectivity index (χ4v) is 3.36. The van der Waals surface area contributed by atoms with Gasteiger partial charge in [0.25, 0.3) is 5.78 Å². The molecule has 1 unspecified atom stereocenters. The summed E-state index contributed by atoms with van der Waals surface area (Å²) in [7, 11) is 0. The van der Waals surface area contributed by atoms with Crippen molar-refractivity contribution in [2.75, 3.05) is 6.54 Å². The number of amides is 1. The van der Waals surface area contributed by atoms with E-state index < -0.39 is 0 Å². The van der Waals surface area contributed by atoms with E-state index in [1.54, 1.807) is 10.7 Å². The topological polar surface area (TPSA) is 63.4 Å². The molecule has 1 fully saturated rings. The minimum atomic E-state index is 0.0372. The zero-order valence-corrected chi connectivity index (χ0v) is 13.6. The first-order chi connectivity index (χ1) is 11.7. The number of likely N-dealkylation sites (tertiary alicyclic amines) is 1. The first-order valence-electron chi connectivity index (χ1n) is 8.22. The molecule has 0 bridgehead atoms. The molecule has 6 nitrogen and oxygen atoms in total. The van der Waals surface area contributed by atoms with E-state index in [1.807, 2.05) is 35.2 Å². The second kappa shape index (κ2) is 6.03. The number of carbonyl (C=O) groups is 1. The van der Waals surface area contributed by atoms with E-state index in [9.17, 15) is 4.79 Å². The zero-order chi connectivity index (χ0) is 16.5. The largest absolute Gasteiger partial charge is 0.334 e. The summed E-state index contributed by atoms with van der Waals surface area (Å²) in [6.07, 6.45) is 5.61. The van der Waals surface area contributed by atoms with Crippen LogP contribution in [0.25, 0.3) is 5.78 Å². The Morgan fingerprint density at radius 2 is 2.04 bits per heavy atom. The summed E-state index contributed by atoms with van der Waals surface area (Å²) in [5.74, 6) is 0.733. The van der Waals surface area contributed by atoms with E-state index in [0.29, 0.717) is 12.2 Å². The van der Waals surface area contributed by atoms with E-state index in [2.05, 4.69) is 22.0 Å². The third-order valence-electron chi connectivity index (χ3n) is 4.60. The summed E-state index contributed by atoms with van der Waals surface area (Å²) in [6.45, 7) is 2.84. The smallest absolute Gasteiger partial charge is 0.252 e. The predicted molar refractivity (Wildman–Crippen MR) is 89.4 cm³/mol. The van der Waals surface area contributed by atoms with Crippen LogP contribution in [0.1, 0.15) is 35.7 Å². The Bertz CT molecular complexity index is 871. The molecule has 6 heteroatoms. The number of fused-ring (bicyclic) bond motifs is 1. The Hall–Kier alpha value is -2.76. The van der Waals surface area contributed by atoms with Gasteiger partial charge >= 0.3 is 0 Å². The van der Waals surface area contributed by atoms with Gasteiger partial charge in [-0.2, -0.15) is 14.6 Å². The first kappa shape index (κ1) is 14.8. The van der Waals surface area contributed by atoms with Crippen molar-refractivity contribution in [3.05, 3.63) is 59.7 Å². The minimum absolute atomic E-state index is 0.0372. The summed E-state index contributed by atoms with van der Waals surface area (Å²) in [5.41, 5.74) is 3.24. The van der Waals surface area contributed by atoms with E-state index in [1.165, 1.54) is 11.9 Å². The number of hydrogen-bond donors (Lipinski definition) is 0. The lowest BCUT2D eigenvalue weighted by Crippen LogP contribution is -2.32. The number of carbonyl (C=O) groups excluding carboxylic acids is 1. The highest BCUT2D eigenvalue weighted by Crippen LogP contribution is 2.32. The maximum atomic E-state index is 12.8. The van der Waals surface area contributed by atoms with Gasteiger partial charge in [-0.05, 0) is 31.4 Å². The van der Waals surface area contributed by atoms with E-state index in [0.717, 1.165) is 30.6 Å². The monoisotopic (exact) mass is 321 g/mol. The molecule has 0 N–H and O–H groups in total. The molecule has 3 heterocycles. The number of benzene rings is 1. The van der Waals surface area contributed by atoms with Crippen LogP contribution in [0, 0.1) is 6.92 Å². The number of nitrogens with zero attached hydrogens (tertiary/aromatic N) is 5. The van der Waals surface area contributed by atoms with Crippen LogP contribution in [0.15, 0.2) is 42.9 Å². The summed E-state index contributed by atoms with van der Waals surface area (Å²) in [5, 5.41) is 4.26. The van der Waals surface area contributed by atoms with Crippen LogP contribution in [0.5, 0.6) is 0 Å². The molecule has 0 aliphatic carbocycles. The normalized spacial score (nSPS) is 17.5. The van der Waals surface area contributed by atoms with Crippen LogP contribution in [-0.2, 0) is 11.2 Å². The SMILES string of the molecule is Cc1ccc(CC(=O)N2CCCC2c2ccnc3ncnn23)cc1. The third-order valence-corrected chi connectivity index (χ3v) is 4.60. The van der Waals surface area contributed by atoms with Crippen molar-refractivity contribution in [2.24, 2.45) is 0 Å². The molecule has 1 atom stereocenters. The van der Waals surface area contributed by atoms with Crippen LogP contribution >= 0.6 is 0 Å². The first-order valence-corrected chi connectivity index (χ1v) is 8.22. The fraction of sp³-hybridized carbons (Fsp3) is 0.333. The van der Waals surface area contributed by atoms with E-state index >= 15 is 0 Å². The van der Waals surface area contributed by atoms with Gasteiger partial charge in [0.05, 0.1) is 18.2 Å². The molecule has 2 aromatic heterocycles. The Labute approximate surface area is 140 Å². The van der Waals surface area contributed by atoms with Crippen molar-refractivity contribution in [3.63, 3.8) is 0 Å². The van der Waals surface area contributed by atoms with Crippen LogP contribution in [-0.4, -0.2) is 36.9 Å². The highest BCUT2D eigenvalue weighted by atomic mass is 16.2. The van der Waals surface area contributed by atoms with Gasteiger partial charge in [-0.15, -0.1) is 0 Å². The van der Waals surface area contributed by atoms with Gasteiger partial charge < -0.3 is 4.90 Å². The fourth-order valence-electron chi connectivity index (χ4n) is 3.36. The number of rotatable bonds is 3. The quantitative estimate of drug-likeness (QED) is 0.743. The van der Waals surface area contributed by atoms with Crippen molar-refractivity contribution in [1.82, 2.24) is 24.5 Å². The van der Waals surface area contributed by atoms with Crippen molar-refractivity contribution < 1.29 is 4.79 Å². The van der Waals surface area contributed by atoms with Crippen LogP contribution in [0.4, 0.5) is 0 Å². The van der Waals surface area contributed by atoms with Crippen LogP contribution in [0.3, 0.4) is 0 Å². The molecule has 4 rings (SSSR count). The van der Waals surface area contributed by atoms with Gasteiger partial charge in [0.1, 0.15) is 6.33 Å². The van der Waals surface area contributed by atoms with Crippen molar-refractivity contribution in [3.8, 4) is 0 Å². The highest BCUT2D eigenvalue weighted by molar-refractivity contribution is 5.79. The van der Waals surface area contributed by atoms with E-state index in [4.69, 9.17) is 0 Å². The maximum Gasteiger partial charge on any atom is 0.252 e. The average Bonchev–Trinajstić information content (AvgIpc) is 3.25. The molecular formula is C18H19N5O. The lowest BCUT2D eigenvalue weighted by atomic mass is 10.1. The van der Waals surface area contributed by atoms with E-state index in [-0.39, 0.29) is 11.9 Å². The standard InChI is InChI=1S/C18H19N5O/c1-13-4-6-14(7-5-13)11-17(24)22-10-2-3-15(22)16-8-9-19-18-20-12-21-23(16)18/h4-9,12,15H,2-3,10-11H2,1H3. The molecule has 0 saturated carbocycles. The average molecular weight is 321 g/mol. The number of hydrogen-bond acceptors (Lipinski definition) is 4. The van der Waals surface area contributed by atoms with Crippen molar-refractivity contribution in [2.45, 2.75) is 32.2 Å². The molecule has 1 aliphatic rings. The van der Waals surface area contributed by atoms with Gasteiger partial charge in [-0.25, -0.2) is 4.98 Å². The molecule has 1 saturated heterocycles. The maximum absolute atomic E-state index is 12.8. The van der Waals surface area contributed by atoms with Gasteiger partial charge in [0.15, 0.2) is 0 Å². The molecule has 3 aromatic rings. The summed E-state index contributed by atoms with van der Waals surface area (Å²) >= 11 is 0. The second-order valence-electron chi connectivity index (χ2n) is 6.25. The summed E-state index contributed by atoms with van der Waals surface area (Å²) < 4.78 is 1.74. The molecule has 1 aliphatic heterocycles. The molecule has 1 amide bonds. The Kier molecular flexibility index (Phi) is 3.72. The predicted octanol–water partition coefficient (Wildman–Crippen LogP) is 2.34. The molecule has 1 aromatic carbocycles. The number of aryl methyl sites for hydroxylation is 1. The molecule has 122 valence electrons. The highest BCUT2D eigenvalue weighted by Gasteiger charge is 2.31. The third kappa shape index (κ3) is 2.64. The molecule has 0 spiro atoms. The van der Waals surface area contributed by atoms with Crippen LogP contribution in [0.2, 0.25) is 0 Å². The Morgan fingerprint density at radius 3 is 2.88 bits per heavy atom. The summed E-state index contributed by atoms with van der Waals surface area (Å²) in [4.78, 5) is 23.1. The lowest BCUT2D eigenvalue weighted by Gasteiger charge is -2.25. The second-order valence-corrected chi connectivity index (χ2v) is 6.25. The van der Waals surface area contributed by atoms with Gasteiger partial charge in [0.2, 0.25) is 5.91 Å². The summed E-state index contributed by atoms with van der Waals surface area (Å²) in [6, 6.07) is 10.1. The molecule has 24 heavy (non-hydrogen) atoms. The zero-order valence-electron chi connectivity index (χ0n) is 13.6. The van der Waals surface area contributed by atoms with Crippen molar-refractivity contribution >= 4 is 11.7 Å². The number of aromatic nitrogens is 4. The lowest BCUT2D eigenvalue weighted by molar-refractivity contribution is -0.131. The van der Waals surface area contributed by atoms with Gasteiger partial charge in [0, 0.05) is 12.7 Å². The molecule has 0 radical (unpaired) electrons. The minimum Gasteiger partial charge on any atom is -0.334 e. The van der Waals surface area contributed by atoms with Crippen molar-refractivity contribution in [1.29, 1.82) is 0 Å². The Balaban J connectivity index is 1.59. The van der Waals surface area contributed by atoms with Gasteiger partial charge in [-0.3, -0.25) is 4.79 Å². The van der Waals surface area contributed by atoms with Crippen LogP contribution < -0.4 is 0 Å². The Morgan fingerprint density at radius 1 is 1.21 bits per heavy atom. The van der Waals surface area contributed by atoms with Gasteiger partial charge in [-0.1, -0.05) is 29.8 Å². The molecular weight excluding hydrogens is 302 g/mol.